The van der Waals surface area contributed by atoms with Crippen LogP contribution in [0, 0.1) is 17.6 Å². The molecule has 0 amide bonds. The third kappa shape index (κ3) is 3.88. The van der Waals surface area contributed by atoms with Gasteiger partial charge in [0.2, 0.25) is 10.0 Å². The largest absolute Gasteiger partial charge is 0.481 e. The zero-order valence-electron chi connectivity index (χ0n) is 10.3. The van der Waals surface area contributed by atoms with Crippen molar-refractivity contribution in [1.82, 2.24) is 0 Å². The third-order valence-corrected chi connectivity index (χ3v) is 3.61. The van der Waals surface area contributed by atoms with Gasteiger partial charge in [-0.15, -0.1) is 0 Å². The van der Waals surface area contributed by atoms with Gasteiger partial charge in [0.15, 0.2) is 11.6 Å². The topological polar surface area (TPSA) is 74.7 Å². The smallest absolute Gasteiger partial charge is 0.308 e. The van der Waals surface area contributed by atoms with E-state index in [-0.39, 0.29) is 12.2 Å². The van der Waals surface area contributed by atoms with Gasteiger partial charge in [-0.1, -0.05) is 6.92 Å². The summed E-state index contributed by atoms with van der Waals surface area (Å²) in [6.45, 7) is 0.958. The van der Waals surface area contributed by atoms with Gasteiger partial charge >= 0.3 is 5.97 Å². The molecule has 0 fully saturated rings. The van der Waals surface area contributed by atoms with Gasteiger partial charge in [0.1, 0.15) is 0 Å². The van der Waals surface area contributed by atoms with Crippen molar-refractivity contribution >= 4 is 21.7 Å². The molecule has 106 valence electrons. The minimum absolute atomic E-state index is 0.116. The van der Waals surface area contributed by atoms with Crippen molar-refractivity contribution in [3.63, 3.8) is 0 Å². The molecule has 1 unspecified atom stereocenters. The molecule has 0 aliphatic rings. The van der Waals surface area contributed by atoms with Crippen LogP contribution in [-0.2, 0) is 14.8 Å². The van der Waals surface area contributed by atoms with E-state index in [2.05, 4.69) is 0 Å². The summed E-state index contributed by atoms with van der Waals surface area (Å²) in [7, 11) is -3.80. The normalized spacial score (nSPS) is 13.1. The number of hydrogen-bond donors (Lipinski definition) is 1. The predicted octanol–water partition coefficient (Wildman–Crippen LogP) is 1.45. The second-order valence-corrected chi connectivity index (χ2v) is 6.04. The average molecular weight is 293 g/mol. The SMILES string of the molecule is CC(CN(c1ccc(F)c(F)c1)S(C)(=O)=O)C(=O)O. The molecule has 19 heavy (non-hydrogen) atoms. The van der Waals surface area contributed by atoms with Crippen molar-refractivity contribution in [2.45, 2.75) is 6.92 Å². The Labute approximate surface area is 109 Å². The Bertz CT molecular complexity index is 588. The van der Waals surface area contributed by atoms with Crippen LogP contribution in [0.2, 0.25) is 0 Å². The van der Waals surface area contributed by atoms with Crippen LogP contribution < -0.4 is 4.31 Å². The van der Waals surface area contributed by atoms with Crippen LogP contribution in [0.4, 0.5) is 14.5 Å². The van der Waals surface area contributed by atoms with Gasteiger partial charge in [-0.2, -0.15) is 0 Å². The third-order valence-electron chi connectivity index (χ3n) is 2.45. The second-order valence-electron chi connectivity index (χ2n) is 4.13. The lowest BCUT2D eigenvalue weighted by atomic mass is 10.2. The maximum Gasteiger partial charge on any atom is 0.308 e. The molecule has 5 nitrogen and oxygen atoms in total. The number of rotatable bonds is 5. The number of benzene rings is 1. The van der Waals surface area contributed by atoms with Crippen LogP contribution in [-0.4, -0.2) is 32.3 Å². The number of carbonyl (C=O) groups is 1. The van der Waals surface area contributed by atoms with E-state index in [1.54, 1.807) is 0 Å². The molecular weight excluding hydrogens is 280 g/mol. The first-order valence-corrected chi connectivity index (χ1v) is 7.13. The van der Waals surface area contributed by atoms with Crippen molar-refractivity contribution in [2.75, 3.05) is 17.1 Å². The van der Waals surface area contributed by atoms with E-state index in [0.717, 1.165) is 22.7 Å². The number of hydrogen-bond acceptors (Lipinski definition) is 3. The number of carboxylic acids is 1. The highest BCUT2D eigenvalue weighted by Gasteiger charge is 2.24. The maximum absolute atomic E-state index is 13.1. The highest BCUT2D eigenvalue weighted by atomic mass is 32.2. The zero-order valence-corrected chi connectivity index (χ0v) is 11.1. The van der Waals surface area contributed by atoms with Crippen LogP contribution in [0.5, 0.6) is 0 Å². The van der Waals surface area contributed by atoms with Gasteiger partial charge in [-0.3, -0.25) is 9.10 Å². The molecule has 0 spiro atoms. The lowest BCUT2D eigenvalue weighted by Gasteiger charge is -2.24. The van der Waals surface area contributed by atoms with Crippen LogP contribution >= 0.6 is 0 Å². The highest BCUT2D eigenvalue weighted by molar-refractivity contribution is 7.92. The van der Waals surface area contributed by atoms with Gasteiger partial charge in [0, 0.05) is 12.6 Å². The number of halogens is 2. The van der Waals surface area contributed by atoms with Gasteiger partial charge < -0.3 is 5.11 Å². The Morgan fingerprint density at radius 2 is 1.95 bits per heavy atom. The summed E-state index contributed by atoms with van der Waals surface area (Å²) in [4.78, 5) is 10.8. The Morgan fingerprint density at radius 3 is 2.37 bits per heavy atom. The molecule has 1 atom stereocenters. The Balaban J connectivity index is 3.18. The van der Waals surface area contributed by atoms with Crippen LogP contribution in [0.15, 0.2) is 18.2 Å². The molecule has 8 heteroatoms. The molecule has 0 aromatic heterocycles. The van der Waals surface area contributed by atoms with E-state index in [1.807, 2.05) is 0 Å². The first kappa shape index (κ1) is 15.4. The monoisotopic (exact) mass is 293 g/mol. The van der Waals surface area contributed by atoms with Crippen molar-refractivity contribution in [1.29, 1.82) is 0 Å². The molecule has 0 aliphatic heterocycles. The molecule has 0 saturated heterocycles. The van der Waals surface area contributed by atoms with Gasteiger partial charge in [-0.25, -0.2) is 17.2 Å². The standard InChI is InChI=1S/C11H13F2NO4S/c1-7(11(15)16)6-14(19(2,17)18)8-3-4-9(12)10(13)5-8/h3-5,7H,6H2,1-2H3,(H,15,16). The molecule has 0 saturated carbocycles. The fourth-order valence-electron chi connectivity index (χ4n) is 1.40. The van der Waals surface area contributed by atoms with Crippen molar-refractivity contribution in [2.24, 2.45) is 5.92 Å². The lowest BCUT2D eigenvalue weighted by Crippen LogP contribution is -2.36. The lowest BCUT2D eigenvalue weighted by molar-refractivity contribution is -0.140. The summed E-state index contributed by atoms with van der Waals surface area (Å²) in [5, 5.41) is 8.79. The van der Waals surface area contributed by atoms with Gasteiger partial charge in [0.25, 0.3) is 0 Å². The van der Waals surface area contributed by atoms with E-state index in [1.165, 1.54) is 6.92 Å². The summed E-state index contributed by atoms with van der Waals surface area (Å²) >= 11 is 0. The van der Waals surface area contributed by atoms with Crippen molar-refractivity contribution in [3.8, 4) is 0 Å². The maximum atomic E-state index is 13.1. The molecular formula is C11H13F2NO4S. The molecule has 0 heterocycles. The summed E-state index contributed by atoms with van der Waals surface area (Å²) in [6, 6.07) is 2.58. The van der Waals surface area contributed by atoms with Crippen molar-refractivity contribution in [3.05, 3.63) is 29.8 Å². The fourth-order valence-corrected chi connectivity index (χ4v) is 2.39. The van der Waals surface area contributed by atoms with Gasteiger partial charge in [-0.05, 0) is 12.1 Å². The quantitative estimate of drug-likeness (QED) is 0.891. The number of aliphatic carboxylic acids is 1. The minimum Gasteiger partial charge on any atom is -0.481 e. The van der Waals surface area contributed by atoms with E-state index < -0.39 is 33.5 Å². The minimum atomic E-state index is -3.80. The number of nitrogens with zero attached hydrogens (tertiary/aromatic N) is 1. The Kier molecular flexibility index (Phi) is 4.46. The van der Waals surface area contributed by atoms with Crippen LogP contribution in [0.25, 0.3) is 0 Å². The van der Waals surface area contributed by atoms with Gasteiger partial charge in [0.05, 0.1) is 17.9 Å². The number of carboxylic acid groups (broad SMARTS) is 1. The highest BCUT2D eigenvalue weighted by Crippen LogP contribution is 2.21. The molecule has 0 radical (unpaired) electrons. The molecule has 0 bridgehead atoms. The van der Waals surface area contributed by atoms with E-state index in [0.29, 0.717) is 6.07 Å². The summed E-state index contributed by atoms with van der Waals surface area (Å²) in [5.74, 6) is -4.48. The predicted molar refractivity (Wildman–Crippen MR) is 65.3 cm³/mol. The van der Waals surface area contributed by atoms with Crippen LogP contribution in [0.1, 0.15) is 6.92 Å². The van der Waals surface area contributed by atoms with E-state index in [9.17, 15) is 22.0 Å². The van der Waals surface area contributed by atoms with E-state index >= 15 is 0 Å². The average Bonchev–Trinajstić information content (AvgIpc) is 2.27. The molecule has 1 rings (SSSR count). The summed E-state index contributed by atoms with van der Waals surface area (Å²) in [6.07, 6.45) is 0.864. The summed E-state index contributed by atoms with van der Waals surface area (Å²) in [5.41, 5.74) is -0.116. The second kappa shape index (κ2) is 5.52. The summed E-state index contributed by atoms with van der Waals surface area (Å²) < 4.78 is 49.9. The zero-order chi connectivity index (χ0) is 14.8. The first-order chi connectivity index (χ1) is 8.62. The Hall–Kier alpha value is -1.70. The Morgan fingerprint density at radius 1 is 1.37 bits per heavy atom. The number of sulfonamides is 1. The molecule has 1 aromatic rings. The molecule has 1 aromatic carbocycles. The van der Waals surface area contributed by atoms with Crippen LogP contribution in [0.3, 0.4) is 0 Å². The fraction of sp³-hybridized carbons (Fsp3) is 0.364. The molecule has 0 aliphatic carbocycles. The van der Waals surface area contributed by atoms with Crippen molar-refractivity contribution < 1.29 is 27.1 Å². The first-order valence-electron chi connectivity index (χ1n) is 5.28. The number of anilines is 1. The molecule has 1 N–H and O–H groups in total. The van der Waals surface area contributed by atoms with E-state index in [4.69, 9.17) is 5.11 Å².